The standard InChI is InChI=1S/C19H27N5O/c1-12-9-15(16-10-13(2)22-23-16)21-17(20-12)14-7-6-8-24(11-14)18(25)19(3,4)5/h9-10,14H,6-8,11H2,1-5H3,(H,22,23)/t14-/m0/s1. The van der Waals surface area contributed by atoms with Crippen LogP contribution in [0.1, 0.15) is 56.7 Å². The van der Waals surface area contributed by atoms with Gasteiger partial charge < -0.3 is 4.90 Å². The zero-order valence-electron chi connectivity index (χ0n) is 15.8. The van der Waals surface area contributed by atoms with E-state index in [9.17, 15) is 4.79 Å². The summed E-state index contributed by atoms with van der Waals surface area (Å²) in [7, 11) is 0. The molecule has 0 spiro atoms. The SMILES string of the molecule is Cc1cc(-c2cc(C)[nH]n2)nc([C@H]2CCCN(C(=O)C(C)(C)C)C2)n1. The molecule has 0 radical (unpaired) electrons. The molecule has 3 rings (SSSR count). The fourth-order valence-corrected chi connectivity index (χ4v) is 3.30. The lowest BCUT2D eigenvalue weighted by Gasteiger charge is -2.36. The maximum atomic E-state index is 12.6. The first-order valence-electron chi connectivity index (χ1n) is 8.91. The van der Waals surface area contributed by atoms with Crippen molar-refractivity contribution in [3.63, 3.8) is 0 Å². The molecule has 1 amide bonds. The summed E-state index contributed by atoms with van der Waals surface area (Å²) >= 11 is 0. The molecule has 1 fully saturated rings. The summed E-state index contributed by atoms with van der Waals surface area (Å²) < 4.78 is 0. The molecule has 0 saturated carbocycles. The van der Waals surface area contributed by atoms with Gasteiger partial charge in [0.25, 0.3) is 0 Å². The number of carbonyl (C=O) groups excluding carboxylic acids is 1. The molecule has 25 heavy (non-hydrogen) atoms. The van der Waals surface area contributed by atoms with E-state index in [1.807, 2.05) is 51.7 Å². The smallest absolute Gasteiger partial charge is 0.227 e. The maximum absolute atomic E-state index is 12.6. The van der Waals surface area contributed by atoms with Gasteiger partial charge in [-0.05, 0) is 38.8 Å². The van der Waals surface area contributed by atoms with Crippen LogP contribution in [0, 0.1) is 19.3 Å². The van der Waals surface area contributed by atoms with Crippen LogP contribution >= 0.6 is 0 Å². The van der Waals surface area contributed by atoms with Crippen molar-refractivity contribution in [3.05, 3.63) is 29.3 Å². The number of hydrogen-bond donors (Lipinski definition) is 1. The van der Waals surface area contributed by atoms with Gasteiger partial charge in [0.2, 0.25) is 5.91 Å². The Balaban J connectivity index is 1.86. The molecule has 134 valence electrons. The third kappa shape index (κ3) is 3.89. The molecular formula is C19H27N5O. The fourth-order valence-electron chi connectivity index (χ4n) is 3.30. The topological polar surface area (TPSA) is 74.8 Å². The molecular weight excluding hydrogens is 314 g/mol. The van der Waals surface area contributed by atoms with Crippen LogP contribution in [0.5, 0.6) is 0 Å². The number of piperidine rings is 1. The monoisotopic (exact) mass is 341 g/mol. The average molecular weight is 341 g/mol. The highest BCUT2D eigenvalue weighted by Gasteiger charge is 2.32. The van der Waals surface area contributed by atoms with Crippen molar-refractivity contribution in [1.82, 2.24) is 25.1 Å². The normalized spacial score (nSPS) is 18.4. The lowest BCUT2D eigenvalue weighted by Crippen LogP contribution is -2.44. The van der Waals surface area contributed by atoms with Crippen molar-refractivity contribution < 1.29 is 4.79 Å². The van der Waals surface area contributed by atoms with Crippen LogP contribution in [0.3, 0.4) is 0 Å². The Morgan fingerprint density at radius 3 is 2.60 bits per heavy atom. The molecule has 1 aliphatic rings. The van der Waals surface area contributed by atoms with Gasteiger partial charge in [0.05, 0.1) is 5.69 Å². The highest BCUT2D eigenvalue weighted by atomic mass is 16.2. The minimum absolute atomic E-state index is 0.179. The van der Waals surface area contributed by atoms with E-state index >= 15 is 0 Å². The number of likely N-dealkylation sites (tertiary alicyclic amines) is 1. The molecule has 1 atom stereocenters. The Hall–Kier alpha value is -2.24. The second-order valence-corrected chi connectivity index (χ2v) is 8.03. The lowest BCUT2D eigenvalue weighted by molar-refractivity contribution is -0.140. The predicted molar refractivity (Wildman–Crippen MR) is 97.1 cm³/mol. The van der Waals surface area contributed by atoms with E-state index in [1.165, 1.54) is 0 Å². The number of amides is 1. The van der Waals surface area contributed by atoms with Gasteiger partial charge in [-0.25, -0.2) is 9.97 Å². The third-order valence-corrected chi connectivity index (χ3v) is 4.56. The zero-order chi connectivity index (χ0) is 18.2. The predicted octanol–water partition coefficient (Wildman–Crippen LogP) is 3.24. The lowest BCUT2D eigenvalue weighted by atomic mass is 9.91. The molecule has 3 heterocycles. The Morgan fingerprint density at radius 2 is 1.96 bits per heavy atom. The first kappa shape index (κ1) is 17.6. The summed E-state index contributed by atoms with van der Waals surface area (Å²) in [5.41, 5.74) is 3.26. The number of aromatic nitrogens is 4. The van der Waals surface area contributed by atoms with Crippen molar-refractivity contribution in [1.29, 1.82) is 0 Å². The van der Waals surface area contributed by atoms with Crippen LogP contribution in [0.25, 0.3) is 11.4 Å². The Kier molecular flexibility index (Phi) is 4.62. The van der Waals surface area contributed by atoms with E-state index in [4.69, 9.17) is 4.98 Å². The van der Waals surface area contributed by atoms with E-state index in [2.05, 4.69) is 15.2 Å². The number of nitrogens with zero attached hydrogens (tertiary/aromatic N) is 4. The second-order valence-electron chi connectivity index (χ2n) is 8.03. The van der Waals surface area contributed by atoms with Gasteiger partial charge in [0.1, 0.15) is 11.5 Å². The van der Waals surface area contributed by atoms with E-state index in [1.54, 1.807) is 0 Å². The third-order valence-electron chi connectivity index (χ3n) is 4.56. The molecule has 2 aromatic rings. The molecule has 1 aliphatic heterocycles. The van der Waals surface area contributed by atoms with Gasteiger partial charge in [-0.1, -0.05) is 20.8 Å². The van der Waals surface area contributed by atoms with E-state index in [0.29, 0.717) is 6.54 Å². The summed E-state index contributed by atoms with van der Waals surface area (Å²) in [5, 5.41) is 7.27. The second kappa shape index (κ2) is 6.58. The summed E-state index contributed by atoms with van der Waals surface area (Å²) in [4.78, 5) is 24.0. The van der Waals surface area contributed by atoms with Crippen LogP contribution in [-0.2, 0) is 4.79 Å². The molecule has 1 N–H and O–H groups in total. The molecule has 6 nitrogen and oxygen atoms in total. The van der Waals surface area contributed by atoms with Gasteiger partial charge in [-0.15, -0.1) is 0 Å². The summed E-state index contributed by atoms with van der Waals surface area (Å²) in [6, 6.07) is 3.95. The van der Waals surface area contributed by atoms with Crippen molar-refractivity contribution in [2.75, 3.05) is 13.1 Å². The number of nitrogens with one attached hydrogen (secondary N) is 1. The van der Waals surface area contributed by atoms with Crippen molar-refractivity contribution in [3.8, 4) is 11.4 Å². The highest BCUT2D eigenvalue weighted by Crippen LogP contribution is 2.29. The number of rotatable bonds is 2. The quantitative estimate of drug-likeness (QED) is 0.910. The fraction of sp³-hybridized carbons (Fsp3) is 0.579. The minimum atomic E-state index is -0.354. The Labute approximate surface area is 149 Å². The first-order chi connectivity index (χ1) is 11.7. The molecule has 0 bridgehead atoms. The molecule has 0 aromatic carbocycles. The van der Waals surface area contributed by atoms with Gasteiger partial charge >= 0.3 is 0 Å². The largest absolute Gasteiger partial charge is 0.342 e. The van der Waals surface area contributed by atoms with Crippen LogP contribution in [0.15, 0.2) is 12.1 Å². The zero-order valence-corrected chi connectivity index (χ0v) is 15.8. The molecule has 6 heteroatoms. The minimum Gasteiger partial charge on any atom is -0.342 e. The number of carbonyl (C=O) groups is 1. The summed E-state index contributed by atoms with van der Waals surface area (Å²) in [5.74, 6) is 1.20. The van der Waals surface area contributed by atoms with E-state index < -0.39 is 0 Å². The van der Waals surface area contributed by atoms with Gasteiger partial charge in [0.15, 0.2) is 0 Å². The van der Waals surface area contributed by atoms with E-state index in [0.717, 1.165) is 48.0 Å². The number of aromatic amines is 1. The molecule has 1 saturated heterocycles. The Morgan fingerprint density at radius 1 is 1.20 bits per heavy atom. The van der Waals surface area contributed by atoms with Crippen LogP contribution in [0.2, 0.25) is 0 Å². The van der Waals surface area contributed by atoms with Gasteiger partial charge in [-0.3, -0.25) is 9.89 Å². The van der Waals surface area contributed by atoms with Crippen molar-refractivity contribution >= 4 is 5.91 Å². The molecule has 0 unspecified atom stereocenters. The number of H-pyrrole nitrogens is 1. The molecule has 2 aromatic heterocycles. The Bertz CT molecular complexity index is 774. The van der Waals surface area contributed by atoms with Crippen LogP contribution in [0.4, 0.5) is 0 Å². The van der Waals surface area contributed by atoms with Gasteiger partial charge in [-0.2, -0.15) is 5.10 Å². The molecule has 0 aliphatic carbocycles. The van der Waals surface area contributed by atoms with Gasteiger partial charge in [0, 0.05) is 35.8 Å². The summed E-state index contributed by atoms with van der Waals surface area (Å²) in [6.45, 7) is 11.4. The van der Waals surface area contributed by atoms with Crippen molar-refractivity contribution in [2.24, 2.45) is 5.41 Å². The summed E-state index contributed by atoms with van der Waals surface area (Å²) in [6.07, 6.45) is 2.00. The number of hydrogen-bond acceptors (Lipinski definition) is 4. The first-order valence-corrected chi connectivity index (χ1v) is 8.91. The van der Waals surface area contributed by atoms with Crippen LogP contribution < -0.4 is 0 Å². The van der Waals surface area contributed by atoms with E-state index in [-0.39, 0.29) is 17.2 Å². The number of aryl methyl sites for hydroxylation is 2. The highest BCUT2D eigenvalue weighted by molar-refractivity contribution is 5.81. The maximum Gasteiger partial charge on any atom is 0.227 e. The van der Waals surface area contributed by atoms with Crippen molar-refractivity contribution in [2.45, 2.75) is 53.4 Å². The average Bonchev–Trinajstić information content (AvgIpc) is 2.99. The van der Waals surface area contributed by atoms with Crippen LogP contribution in [-0.4, -0.2) is 44.1 Å².